The maximum atomic E-state index is 11.9. The maximum Gasteiger partial charge on any atom is 0.317 e. The van der Waals surface area contributed by atoms with E-state index < -0.39 is 0 Å². The van der Waals surface area contributed by atoms with Gasteiger partial charge in [0.1, 0.15) is 0 Å². The predicted molar refractivity (Wildman–Crippen MR) is 68.9 cm³/mol. The fraction of sp³-hybridized carbons (Fsp3) is 0.923. The summed E-state index contributed by atoms with van der Waals surface area (Å²) < 4.78 is 0. The second-order valence-corrected chi connectivity index (χ2v) is 5.13. The Morgan fingerprint density at radius 2 is 1.82 bits per heavy atom. The van der Waals surface area contributed by atoms with Crippen molar-refractivity contribution in [2.24, 2.45) is 0 Å². The van der Waals surface area contributed by atoms with Crippen LogP contribution in [-0.4, -0.2) is 41.8 Å². The van der Waals surface area contributed by atoms with E-state index in [0.29, 0.717) is 6.04 Å². The number of amides is 2. The van der Waals surface area contributed by atoms with Gasteiger partial charge in [-0.1, -0.05) is 32.1 Å². The van der Waals surface area contributed by atoms with Gasteiger partial charge in [0.15, 0.2) is 0 Å². The summed E-state index contributed by atoms with van der Waals surface area (Å²) in [7, 11) is 1.74. The third-order valence-corrected chi connectivity index (χ3v) is 3.68. The van der Waals surface area contributed by atoms with Gasteiger partial charge in [-0.25, -0.2) is 4.79 Å². The summed E-state index contributed by atoms with van der Waals surface area (Å²) in [5.74, 6) is 0. The highest BCUT2D eigenvalue weighted by atomic mass is 16.3. The first-order chi connectivity index (χ1) is 8.15. The van der Waals surface area contributed by atoms with E-state index in [0.717, 1.165) is 12.8 Å². The number of likely N-dealkylation sites (N-methyl/N-ethyl adjacent to an activating group) is 1. The van der Waals surface area contributed by atoms with E-state index in [1.807, 2.05) is 6.92 Å². The Balaban J connectivity index is 2.37. The third kappa shape index (κ3) is 4.94. The molecule has 2 amide bonds. The van der Waals surface area contributed by atoms with Crippen LogP contribution in [0.5, 0.6) is 0 Å². The van der Waals surface area contributed by atoms with Gasteiger partial charge in [-0.15, -0.1) is 0 Å². The van der Waals surface area contributed by atoms with Crippen LogP contribution in [0.3, 0.4) is 0 Å². The van der Waals surface area contributed by atoms with Crippen LogP contribution in [-0.2, 0) is 0 Å². The summed E-state index contributed by atoms with van der Waals surface area (Å²) >= 11 is 0. The molecule has 0 bridgehead atoms. The molecule has 1 aliphatic rings. The number of nitrogens with one attached hydrogen (secondary N) is 1. The molecule has 0 aliphatic heterocycles. The number of urea groups is 1. The minimum Gasteiger partial charge on any atom is -0.394 e. The van der Waals surface area contributed by atoms with Crippen LogP contribution in [0.4, 0.5) is 4.79 Å². The van der Waals surface area contributed by atoms with Crippen LogP contribution in [0, 0.1) is 0 Å². The maximum absolute atomic E-state index is 11.9. The lowest BCUT2D eigenvalue weighted by atomic mass is 9.97. The highest BCUT2D eigenvalue weighted by Crippen LogP contribution is 2.17. The molecule has 0 spiro atoms. The number of rotatable bonds is 3. The Morgan fingerprint density at radius 3 is 2.35 bits per heavy atom. The molecule has 0 aromatic rings. The first-order valence-corrected chi connectivity index (χ1v) is 6.79. The molecule has 0 aromatic heterocycles. The average Bonchev–Trinajstić information content (AvgIpc) is 2.30. The standard InChI is InChI=1S/C13H26N2O2/c1-11(10-16)15(2)13(17)14-12-8-6-4-3-5-7-9-12/h11-12,16H,3-10H2,1-2H3,(H,14,17). The number of aliphatic hydroxyl groups is 1. The molecule has 0 heterocycles. The monoisotopic (exact) mass is 242 g/mol. The van der Waals surface area contributed by atoms with Crippen LogP contribution >= 0.6 is 0 Å². The quantitative estimate of drug-likeness (QED) is 0.796. The summed E-state index contributed by atoms with van der Waals surface area (Å²) in [4.78, 5) is 13.5. The smallest absolute Gasteiger partial charge is 0.317 e. The Kier molecular flexibility index (Phi) is 6.34. The molecule has 4 nitrogen and oxygen atoms in total. The Hall–Kier alpha value is -0.770. The lowest BCUT2D eigenvalue weighted by molar-refractivity contribution is 0.153. The molecule has 1 atom stereocenters. The molecule has 1 saturated carbocycles. The zero-order valence-electron chi connectivity index (χ0n) is 11.1. The number of nitrogens with zero attached hydrogens (tertiary/aromatic N) is 1. The molecule has 1 fully saturated rings. The van der Waals surface area contributed by atoms with Crippen molar-refractivity contribution in [1.29, 1.82) is 0 Å². The SMILES string of the molecule is CC(CO)N(C)C(=O)NC1CCCCCCC1. The van der Waals surface area contributed by atoms with Crippen LogP contribution < -0.4 is 5.32 Å². The van der Waals surface area contributed by atoms with E-state index in [9.17, 15) is 4.79 Å². The minimum atomic E-state index is -0.122. The molecule has 1 unspecified atom stereocenters. The van der Waals surface area contributed by atoms with Crippen LogP contribution in [0.1, 0.15) is 51.9 Å². The largest absolute Gasteiger partial charge is 0.394 e. The van der Waals surface area contributed by atoms with E-state index in [-0.39, 0.29) is 18.7 Å². The normalized spacial score (nSPS) is 20.2. The van der Waals surface area contributed by atoms with Crippen molar-refractivity contribution < 1.29 is 9.90 Å². The van der Waals surface area contributed by atoms with E-state index in [4.69, 9.17) is 5.11 Å². The second-order valence-electron chi connectivity index (χ2n) is 5.13. The first-order valence-electron chi connectivity index (χ1n) is 6.79. The molecular weight excluding hydrogens is 216 g/mol. The number of hydrogen-bond donors (Lipinski definition) is 2. The lowest BCUT2D eigenvalue weighted by Crippen LogP contribution is -2.47. The Morgan fingerprint density at radius 1 is 1.29 bits per heavy atom. The molecule has 17 heavy (non-hydrogen) atoms. The van der Waals surface area contributed by atoms with Gasteiger partial charge in [0.25, 0.3) is 0 Å². The van der Waals surface area contributed by atoms with Crippen molar-refractivity contribution >= 4 is 6.03 Å². The molecular formula is C13H26N2O2. The van der Waals surface area contributed by atoms with E-state index in [1.54, 1.807) is 11.9 Å². The van der Waals surface area contributed by atoms with Gasteiger partial charge in [-0.3, -0.25) is 0 Å². The molecule has 1 aliphatic carbocycles. The minimum absolute atomic E-state index is 0.00852. The number of hydrogen-bond acceptors (Lipinski definition) is 2. The van der Waals surface area contributed by atoms with Crippen LogP contribution in [0.25, 0.3) is 0 Å². The summed E-state index contributed by atoms with van der Waals surface area (Å²) in [6, 6.07) is 0.136. The summed E-state index contributed by atoms with van der Waals surface area (Å²) in [5, 5.41) is 12.1. The van der Waals surface area contributed by atoms with Crippen molar-refractivity contribution in [3.05, 3.63) is 0 Å². The number of carbonyl (C=O) groups is 1. The fourth-order valence-electron chi connectivity index (χ4n) is 2.20. The molecule has 2 N–H and O–H groups in total. The zero-order chi connectivity index (χ0) is 12.7. The van der Waals surface area contributed by atoms with Gasteiger partial charge < -0.3 is 15.3 Å². The Labute approximate surface area is 104 Å². The molecule has 100 valence electrons. The number of carbonyl (C=O) groups excluding carboxylic acids is 1. The van der Waals surface area contributed by atoms with Crippen molar-refractivity contribution in [3.8, 4) is 0 Å². The van der Waals surface area contributed by atoms with Gasteiger partial charge in [0, 0.05) is 13.1 Å². The molecule has 1 rings (SSSR count). The topological polar surface area (TPSA) is 52.6 Å². The predicted octanol–water partition coefficient (Wildman–Crippen LogP) is 2.12. The highest BCUT2D eigenvalue weighted by Gasteiger charge is 2.19. The zero-order valence-corrected chi connectivity index (χ0v) is 11.1. The van der Waals surface area contributed by atoms with Crippen molar-refractivity contribution in [3.63, 3.8) is 0 Å². The fourth-order valence-corrected chi connectivity index (χ4v) is 2.20. The molecule has 0 saturated heterocycles. The number of aliphatic hydroxyl groups excluding tert-OH is 1. The third-order valence-electron chi connectivity index (χ3n) is 3.68. The van der Waals surface area contributed by atoms with Crippen molar-refractivity contribution in [2.75, 3.05) is 13.7 Å². The van der Waals surface area contributed by atoms with Gasteiger partial charge >= 0.3 is 6.03 Å². The first kappa shape index (κ1) is 14.3. The summed E-state index contributed by atoms with van der Waals surface area (Å²) in [5.41, 5.74) is 0. The van der Waals surface area contributed by atoms with E-state index in [2.05, 4.69) is 5.32 Å². The van der Waals surface area contributed by atoms with E-state index in [1.165, 1.54) is 32.1 Å². The summed E-state index contributed by atoms with van der Waals surface area (Å²) in [6.45, 7) is 1.85. The van der Waals surface area contributed by atoms with Crippen molar-refractivity contribution in [1.82, 2.24) is 10.2 Å². The lowest BCUT2D eigenvalue weighted by Gasteiger charge is -2.27. The van der Waals surface area contributed by atoms with Crippen molar-refractivity contribution in [2.45, 2.75) is 64.0 Å². The van der Waals surface area contributed by atoms with Gasteiger partial charge in [0.05, 0.1) is 12.6 Å². The molecule has 0 radical (unpaired) electrons. The van der Waals surface area contributed by atoms with E-state index >= 15 is 0 Å². The van der Waals surface area contributed by atoms with Gasteiger partial charge in [-0.05, 0) is 19.8 Å². The van der Waals surface area contributed by atoms with Gasteiger partial charge in [0.2, 0.25) is 0 Å². The van der Waals surface area contributed by atoms with Crippen LogP contribution in [0.15, 0.2) is 0 Å². The highest BCUT2D eigenvalue weighted by molar-refractivity contribution is 5.74. The van der Waals surface area contributed by atoms with Gasteiger partial charge in [-0.2, -0.15) is 0 Å². The summed E-state index contributed by atoms with van der Waals surface area (Å²) in [6.07, 6.45) is 8.52. The second kappa shape index (κ2) is 7.54. The average molecular weight is 242 g/mol. The Bertz CT molecular complexity index is 225. The molecule has 4 heteroatoms. The van der Waals surface area contributed by atoms with Crippen LogP contribution in [0.2, 0.25) is 0 Å². The molecule has 0 aromatic carbocycles.